The van der Waals surface area contributed by atoms with E-state index in [1.54, 1.807) is 0 Å². The topological polar surface area (TPSA) is 20.3 Å². The number of piperidine rings is 1. The van der Waals surface area contributed by atoms with E-state index in [-0.39, 0.29) is 0 Å². The van der Waals surface area contributed by atoms with Crippen molar-refractivity contribution in [2.24, 2.45) is 0 Å². The van der Waals surface area contributed by atoms with Crippen LogP contribution in [0.1, 0.15) is 32.3 Å². The van der Waals surface area contributed by atoms with Gasteiger partial charge in [0, 0.05) is 32.5 Å². The van der Waals surface area contributed by atoms with Crippen LogP contribution in [0.2, 0.25) is 0 Å². The molecule has 0 radical (unpaired) electrons. The number of benzene rings is 1. The van der Waals surface area contributed by atoms with Crippen molar-refractivity contribution >= 4 is 5.78 Å². The Bertz CT molecular complexity index is 298. The monoisotopic (exact) mass is 219 g/mol. The van der Waals surface area contributed by atoms with Crippen molar-refractivity contribution in [2.45, 2.75) is 33.2 Å². The molecule has 1 aliphatic heterocycles. The molecule has 88 valence electrons. The summed E-state index contributed by atoms with van der Waals surface area (Å²) in [4.78, 5) is 13.4. The molecule has 0 saturated carbocycles. The quantitative estimate of drug-likeness (QED) is 0.762. The third-order valence-electron chi connectivity index (χ3n) is 2.66. The molecule has 0 unspecified atom stereocenters. The lowest BCUT2D eigenvalue weighted by Gasteiger charge is -2.25. The fourth-order valence-electron chi connectivity index (χ4n) is 1.80. The van der Waals surface area contributed by atoms with Gasteiger partial charge in [-0.3, -0.25) is 9.69 Å². The van der Waals surface area contributed by atoms with Gasteiger partial charge in [0.1, 0.15) is 5.78 Å². The predicted octanol–water partition coefficient (Wildman–Crippen LogP) is 2.88. The van der Waals surface area contributed by atoms with E-state index in [2.05, 4.69) is 29.2 Å². The average Bonchev–Trinajstić information content (AvgIpc) is 2.36. The first kappa shape index (κ1) is 12.9. The Kier molecular flexibility index (Phi) is 5.79. The first-order valence-electron chi connectivity index (χ1n) is 6.12. The summed E-state index contributed by atoms with van der Waals surface area (Å²) in [7, 11) is 0. The first-order chi connectivity index (χ1) is 7.84. The van der Waals surface area contributed by atoms with Crippen molar-refractivity contribution in [1.82, 2.24) is 4.90 Å². The van der Waals surface area contributed by atoms with Gasteiger partial charge in [-0.1, -0.05) is 44.2 Å². The van der Waals surface area contributed by atoms with E-state index in [9.17, 15) is 4.79 Å². The van der Waals surface area contributed by atoms with Crippen LogP contribution in [0.4, 0.5) is 0 Å². The lowest BCUT2D eigenvalue weighted by atomic mass is 10.1. The van der Waals surface area contributed by atoms with E-state index in [4.69, 9.17) is 0 Å². The molecule has 1 aliphatic rings. The van der Waals surface area contributed by atoms with Crippen LogP contribution in [0.25, 0.3) is 0 Å². The second kappa shape index (κ2) is 7.18. The smallest absolute Gasteiger partial charge is 0.135 e. The summed E-state index contributed by atoms with van der Waals surface area (Å²) in [5.74, 6) is 0.411. The van der Waals surface area contributed by atoms with Gasteiger partial charge in [-0.2, -0.15) is 0 Å². The fourth-order valence-corrected chi connectivity index (χ4v) is 1.80. The van der Waals surface area contributed by atoms with Crippen molar-refractivity contribution < 1.29 is 4.79 Å². The average molecular weight is 219 g/mol. The van der Waals surface area contributed by atoms with Crippen LogP contribution in [0.3, 0.4) is 0 Å². The molecule has 0 spiro atoms. The van der Waals surface area contributed by atoms with Crippen molar-refractivity contribution in [2.75, 3.05) is 13.1 Å². The minimum Gasteiger partial charge on any atom is -0.300 e. The predicted molar refractivity (Wildman–Crippen MR) is 67.3 cm³/mol. The molecule has 0 N–H and O–H groups in total. The molecule has 2 heteroatoms. The Hall–Kier alpha value is -1.15. The summed E-state index contributed by atoms with van der Waals surface area (Å²) in [6, 6.07) is 10.4. The molecule has 0 amide bonds. The number of carbonyl (C=O) groups excluding carboxylic acids is 1. The zero-order valence-corrected chi connectivity index (χ0v) is 10.3. The third kappa shape index (κ3) is 4.15. The minimum atomic E-state index is 0.411. The zero-order chi connectivity index (χ0) is 11.8. The van der Waals surface area contributed by atoms with Gasteiger partial charge in [0.15, 0.2) is 0 Å². The number of hydrogen-bond acceptors (Lipinski definition) is 2. The number of carbonyl (C=O) groups is 1. The SMILES string of the molecule is CC.O=C1CCN(Cc2ccccc2)CC1. The summed E-state index contributed by atoms with van der Waals surface area (Å²) < 4.78 is 0. The van der Waals surface area contributed by atoms with E-state index in [0.29, 0.717) is 5.78 Å². The number of rotatable bonds is 2. The number of hydrogen-bond donors (Lipinski definition) is 0. The molecule has 2 rings (SSSR count). The second-order valence-electron chi connectivity index (χ2n) is 3.80. The Balaban J connectivity index is 0.000000606. The van der Waals surface area contributed by atoms with Crippen LogP contribution in [0.15, 0.2) is 30.3 Å². The largest absolute Gasteiger partial charge is 0.300 e. The maximum absolute atomic E-state index is 11.0. The van der Waals surface area contributed by atoms with Crippen molar-refractivity contribution in [3.8, 4) is 0 Å². The highest BCUT2D eigenvalue weighted by Gasteiger charge is 2.15. The van der Waals surface area contributed by atoms with E-state index in [0.717, 1.165) is 32.5 Å². The second-order valence-corrected chi connectivity index (χ2v) is 3.80. The van der Waals surface area contributed by atoms with Crippen molar-refractivity contribution in [3.05, 3.63) is 35.9 Å². The summed E-state index contributed by atoms with van der Waals surface area (Å²) in [5.41, 5.74) is 1.34. The minimum absolute atomic E-state index is 0.411. The van der Waals surface area contributed by atoms with Crippen LogP contribution < -0.4 is 0 Å². The summed E-state index contributed by atoms with van der Waals surface area (Å²) >= 11 is 0. The number of Topliss-reactive ketones (excluding diaryl/α,β-unsaturated/α-hetero) is 1. The van der Waals surface area contributed by atoms with E-state index in [1.165, 1.54) is 5.56 Å². The molecule has 0 bridgehead atoms. The van der Waals surface area contributed by atoms with Crippen LogP contribution >= 0.6 is 0 Å². The van der Waals surface area contributed by atoms with E-state index >= 15 is 0 Å². The van der Waals surface area contributed by atoms with Gasteiger partial charge in [0.05, 0.1) is 0 Å². The van der Waals surface area contributed by atoms with E-state index < -0.39 is 0 Å². The molecule has 1 fully saturated rings. The standard InChI is InChI=1S/C12H15NO.C2H6/c14-12-6-8-13(9-7-12)10-11-4-2-1-3-5-11;1-2/h1-5H,6-10H2;1-2H3. The number of ketones is 1. The number of nitrogens with zero attached hydrogens (tertiary/aromatic N) is 1. The molecule has 1 aromatic rings. The van der Waals surface area contributed by atoms with Gasteiger partial charge in [0.2, 0.25) is 0 Å². The normalized spacial score (nSPS) is 16.5. The van der Waals surface area contributed by atoms with Gasteiger partial charge in [-0.05, 0) is 5.56 Å². The Morgan fingerprint density at radius 1 is 1.06 bits per heavy atom. The molecule has 0 aromatic heterocycles. The van der Waals surface area contributed by atoms with Gasteiger partial charge < -0.3 is 0 Å². The van der Waals surface area contributed by atoms with Crippen LogP contribution in [-0.4, -0.2) is 23.8 Å². The van der Waals surface area contributed by atoms with Gasteiger partial charge >= 0.3 is 0 Å². The maximum atomic E-state index is 11.0. The summed E-state index contributed by atoms with van der Waals surface area (Å²) in [6.45, 7) is 6.83. The van der Waals surface area contributed by atoms with Gasteiger partial charge in [-0.15, -0.1) is 0 Å². The Morgan fingerprint density at radius 3 is 2.19 bits per heavy atom. The highest BCUT2D eigenvalue weighted by molar-refractivity contribution is 5.79. The molecule has 0 atom stereocenters. The molecule has 1 heterocycles. The highest BCUT2D eigenvalue weighted by Crippen LogP contribution is 2.10. The highest BCUT2D eigenvalue weighted by atomic mass is 16.1. The lowest BCUT2D eigenvalue weighted by molar-refractivity contribution is -0.121. The summed E-state index contributed by atoms with van der Waals surface area (Å²) in [5, 5.41) is 0. The third-order valence-corrected chi connectivity index (χ3v) is 2.66. The van der Waals surface area contributed by atoms with Crippen LogP contribution in [0.5, 0.6) is 0 Å². The number of likely N-dealkylation sites (tertiary alicyclic amines) is 1. The van der Waals surface area contributed by atoms with Crippen LogP contribution in [-0.2, 0) is 11.3 Å². The molecule has 2 nitrogen and oxygen atoms in total. The lowest BCUT2D eigenvalue weighted by Crippen LogP contribution is -2.33. The fraction of sp³-hybridized carbons (Fsp3) is 0.500. The zero-order valence-electron chi connectivity index (χ0n) is 10.3. The molecule has 0 aliphatic carbocycles. The van der Waals surface area contributed by atoms with Gasteiger partial charge in [-0.25, -0.2) is 0 Å². The molecule has 1 saturated heterocycles. The van der Waals surface area contributed by atoms with Gasteiger partial charge in [0.25, 0.3) is 0 Å². The Morgan fingerprint density at radius 2 is 1.62 bits per heavy atom. The molecular weight excluding hydrogens is 198 g/mol. The summed E-state index contributed by atoms with van der Waals surface area (Å²) in [6.07, 6.45) is 1.46. The van der Waals surface area contributed by atoms with Crippen molar-refractivity contribution in [3.63, 3.8) is 0 Å². The first-order valence-corrected chi connectivity index (χ1v) is 6.12. The molecule has 16 heavy (non-hydrogen) atoms. The molecule has 1 aromatic carbocycles. The Labute approximate surface area is 98.3 Å². The van der Waals surface area contributed by atoms with Crippen LogP contribution in [0, 0.1) is 0 Å². The van der Waals surface area contributed by atoms with E-state index in [1.807, 2.05) is 19.9 Å². The molecular formula is C14H21NO. The van der Waals surface area contributed by atoms with Crippen molar-refractivity contribution in [1.29, 1.82) is 0 Å². The maximum Gasteiger partial charge on any atom is 0.135 e.